The molecule has 2 rings (SSSR count). The molecule has 5 heteroatoms. The first-order valence-corrected chi connectivity index (χ1v) is 6.97. The van der Waals surface area contributed by atoms with Crippen molar-refractivity contribution in [2.45, 2.75) is 33.1 Å². The van der Waals surface area contributed by atoms with Gasteiger partial charge in [-0.1, -0.05) is 6.92 Å². The third-order valence-electron chi connectivity index (χ3n) is 3.50. The fraction of sp³-hybridized carbons (Fsp3) is 0.643. The molecule has 19 heavy (non-hydrogen) atoms. The number of nitrogens with zero attached hydrogens (tertiary/aromatic N) is 3. The number of hydrogen-bond donors (Lipinski definition) is 0. The SMILES string of the molecule is CCOC(=O)C1CCN(c2ncc(CC)cn2)CC1. The van der Waals surface area contributed by atoms with Gasteiger partial charge in [0.1, 0.15) is 0 Å². The molecule has 0 atom stereocenters. The number of piperidine rings is 1. The lowest BCUT2D eigenvalue weighted by molar-refractivity contribution is -0.148. The summed E-state index contributed by atoms with van der Waals surface area (Å²) in [6.45, 7) is 6.02. The molecule has 5 nitrogen and oxygen atoms in total. The Bertz CT molecular complexity index is 411. The van der Waals surface area contributed by atoms with E-state index in [-0.39, 0.29) is 11.9 Å². The molecule has 0 radical (unpaired) electrons. The van der Waals surface area contributed by atoms with E-state index in [9.17, 15) is 4.79 Å². The Hall–Kier alpha value is -1.65. The largest absolute Gasteiger partial charge is 0.466 e. The average molecular weight is 263 g/mol. The summed E-state index contributed by atoms with van der Waals surface area (Å²) in [5.41, 5.74) is 1.14. The standard InChI is InChI=1S/C14H21N3O2/c1-3-11-9-15-14(16-10-11)17-7-5-12(6-8-17)13(18)19-4-2/h9-10,12H,3-8H2,1-2H3. The van der Waals surface area contributed by atoms with Crippen LogP contribution in [0.3, 0.4) is 0 Å². The normalized spacial score (nSPS) is 16.4. The molecular formula is C14H21N3O2. The number of anilines is 1. The number of esters is 1. The molecule has 0 saturated carbocycles. The molecule has 1 aromatic heterocycles. The summed E-state index contributed by atoms with van der Waals surface area (Å²) in [4.78, 5) is 22.5. The molecule has 0 spiro atoms. The van der Waals surface area contributed by atoms with Crippen LogP contribution in [0.1, 0.15) is 32.3 Å². The average Bonchev–Trinajstić information content (AvgIpc) is 2.48. The van der Waals surface area contributed by atoms with Gasteiger partial charge in [0.05, 0.1) is 12.5 Å². The van der Waals surface area contributed by atoms with Crippen molar-refractivity contribution in [3.63, 3.8) is 0 Å². The van der Waals surface area contributed by atoms with Crippen LogP contribution in [0.25, 0.3) is 0 Å². The molecule has 1 fully saturated rings. The van der Waals surface area contributed by atoms with Crippen LogP contribution in [0, 0.1) is 5.92 Å². The zero-order chi connectivity index (χ0) is 13.7. The first-order chi connectivity index (χ1) is 9.24. The Morgan fingerprint density at radius 1 is 1.32 bits per heavy atom. The topological polar surface area (TPSA) is 55.3 Å². The van der Waals surface area contributed by atoms with Crippen molar-refractivity contribution in [3.05, 3.63) is 18.0 Å². The minimum Gasteiger partial charge on any atom is -0.466 e. The second kappa shape index (κ2) is 6.50. The highest BCUT2D eigenvalue weighted by Crippen LogP contribution is 2.21. The quantitative estimate of drug-likeness (QED) is 0.776. The Balaban J connectivity index is 1.90. The zero-order valence-electron chi connectivity index (χ0n) is 11.6. The fourth-order valence-electron chi connectivity index (χ4n) is 2.27. The molecular weight excluding hydrogens is 242 g/mol. The monoisotopic (exact) mass is 263 g/mol. The predicted octanol–water partition coefficient (Wildman–Crippen LogP) is 1.82. The lowest BCUT2D eigenvalue weighted by Crippen LogP contribution is -2.37. The number of carbonyl (C=O) groups is 1. The van der Waals surface area contributed by atoms with Crippen molar-refractivity contribution in [1.29, 1.82) is 0 Å². The minimum atomic E-state index is -0.0654. The molecule has 0 unspecified atom stereocenters. The second-order valence-electron chi connectivity index (χ2n) is 4.76. The third-order valence-corrected chi connectivity index (χ3v) is 3.50. The lowest BCUT2D eigenvalue weighted by Gasteiger charge is -2.30. The number of aryl methyl sites for hydroxylation is 1. The highest BCUT2D eigenvalue weighted by molar-refractivity contribution is 5.72. The molecule has 104 valence electrons. The van der Waals surface area contributed by atoms with Crippen molar-refractivity contribution in [2.75, 3.05) is 24.6 Å². The number of aromatic nitrogens is 2. The van der Waals surface area contributed by atoms with E-state index < -0.39 is 0 Å². The van der Waals surface area contributed by atoms with Gasteiger partial charge in [-0.15, -0.1) is 0 Å². The Morgan fingerprint density at radius 2 is 1.95 bits per heavy atom. The van der Waals surface area contributed by atoms with Gasteiger partial charge in [0.25, 0.3) is 0 Å². The smallest absolute Gasteiger partial charge is 0.309 e. The molecule has 1 aliphatic rings. The molecule has 0 bridgehead atoms. The molecule has 0 N–H and O–H groups in total. The van der Waals surface area contributed by atoms with Gasteiger partial charge in [-0.2, -0.15) is 0 Å². The molecule has 0 amide bonds. The lowest BCUT2D eigenvalue weighted by atomic mass is 9.97. The maximum absolute atomic E-state index is 11.7. The number of ether oxygens (including phenoxy) is 1. The summed E-state index contributed by atoms with van der Waals surface area (Å²) >= 11 is 0. The molecule has 1 saturated heterocycles. The van der Waals surface area contributed by atoms with E-state index in [4.69, 9.17) is 4.74 Å². The molecule has 2 heterocycles. The molecule has 1 aromatic rings. The predicted molar refractivity (Wildman–Crippen MR) is 73.0 cm³/mol. The Labute approximate surface area is 114 Å². The van der Waals surface area contributed by atoms with E-state index in [0.717, 1.165) is 43.9 Å². The zero-order valence-corrected chi connectivity index (χ0v) is 11.6. The van der Waals surface area contributed by atoms with E-state index in [1.807, 2.05) is 19.3 Å². The Kier molecular flexibility index (Phi) is 4.71. The number of hydrogen-bond acceptors (Lipinski definition) is 5. The minimum absolute atomic E-state index is 0.0334. The molecule has 0 aromatic carbocycles. The van der Waals surface area contributed by atoms with Crippen LogP contribution in [-0.2, 0) is 16.0 Å². The highest BCUT2D eigenvalue weighted by Gasteiger charge is 2.26. The summed E-state index contributed by atoms with van der Waals surface area (Å²) in [7, 11) is 0. The summed E-state index contributed by atoms with van der Waals surface area (Å²) in [5, 5.41) is 0. The highest BCUT2D eigenvalue weighted by atomic mass is 16.5. The van der Waals surface area contributed by atoms with Crippen molar-refractivity contribution in [1.82, 2.24) is 9.97 Å². The Morgan fingerprint density at radius 3 is 2.47 bits per heavy atom. The summed E-state index contributed by atoms with van der Waals surface area (Å²) in [5.74, 6) is 0.732. The second-order valence-corrected chi connectivity index (χ2v) is 4.76. The molecule has 0 aliphatic carbocycles. The summed E-state index contributed by atoms with van der Waals surface area (Å²) in [6.07, 6.45) is 6.33. The summed E-state index contributed by atoms with van der Waals surface area (Å²) < 4.78 is 5.06. The van der Waals surface area contributed by atoms with Gasteiger partial charge in [-0.3, -0.25) is 4.79 Å². The van der Waals surface area contributed by atoms with Gasteiger partial charge in [0.2, 0.25) is 5.95 Å². The summed E-state index contributed by atoms with van der Waals surface area (Å²) in [6, 6.07) is 0. The van der Waals surface area contributed by atoms with E-state index in [1.165, 1.54) is 0 Å². The maximum Gasteiger partial charge on any atom is 0.309 e. The van der Waals surface area contributed by atoms with E-state index in [1.54, 1.807) is 0 Å². The fourth-order valence-corrected chi connectivity index (χ4v) is 2.27. The molecule has 1 aliphatic heterocycles. The van der Waals surface area contributed by atoms with Crippen LogP contribution in [0.2, 0.25) is 0 Å². The first kappa shape index (κ1) is 13.8. The van der Waals surface area contributed by atoms with Gasteiger partial charge >= 0.3 is 5.97 Å². The van der Waals surface area contributed by atoms with E-state index >= 15 is 0 Å². The third kappa shape index (κ3) is 3.43. The van der Waals surface area contributed by atoms with Crippen LogP contribution in [-0.4, -0.2) is 35.6 Å². The van der Waals surface area contributed by atoms with Crippen molar-refractivity contribution >= 4 is 11.9 Å². The maximum atomic E-state index is 11.7. The van der Waals surface area contributed by atoms with Crippen LogP contribution < -0.4 is 4.90 Å². The van der Waals surface area contributed by atoms with Crippen LogP contribution >= 0.6 is 0 Å². The van der Waals surface area contributed by atoms with Crippen molar-refractivity contribution in [2.24, 2.45) is 5.92 Å². The van der Waals surface area contributed by atoms with Crippen molar-refractivity contribution < 1.29 is 9.53 Å². The van der Waals surface area contributed by atoms with Gasteiger partial charge in [0.15, 0.2) is 0 Å². The van der Waals surface area contributed by atoms with Gasteiger partial charge in [-0.25, -0.2) is 9.97 Å². The van der Waals surface area contributed by atoms with Gasteiger partial charge < -0.3 is 9.64 Å². The first-order valence-electron chi connectivity index (χ1n) is 6.97. The van der Waals surface area contributed by atoms with Crippen molar-refractivity contribution in [3.8, 4) is 0 Å². The van der Waals surface area contributed by atoms with Gasteiger partial charge in [-0.05, 0) is 31.7 Å². The van der Waals surface area contributed by atoms with Crippen LogP contribution in [0.5, 0.6) is 0 Å². The number of rotatable bonds is 4. The van der Waals surface area contributed by atoms with E-state index in [0.29, 0.717) is 6.61 Å². The number of carbonyl (C=O) groups excluding carboxylic acids is 1. The van der Waals surface area contributed by atoms with Crippen LogP contribution in [0.15, 0.2) is 12.4 Å². The van der Waals surface area contributed by atoms with Gasteiger partial charge in [0, 0.05) is 25.5 Å². The van der Waals surface area contributed by atoms with Crippen LogP contribution in [0.4, 0.5) is 5.95 Å². The van der Waals surface area contributed by atoms with E-state index in [2.05, 4.69) is 21.8 Å².